The van der Waals surface area contributed by atoms with E-state index in [0.29, 0.717) is 31.8 Å². The molecule has 1 unspecified atom stereocenters. The van der Waals surface area contributed by atoms with E-state index in [1.807, 2.05) is 0 Å². The summed E-state index contributed by atoms with van der Waals surface area (Å²) in [4.78, 5) is 24.0. The molecule has 0 radical (unpaired) electrons. The van der Waals surface area contributed by atoms with Crippen LogP contribution in [0.3, 0.4) is 0 Å². The van der Waals surface area contributed by atoms with Gasteiger partial charge >= 0.3 is 45.1 Å². The van der Waals surface area contributed by atoms with Gasteiger partial charge in [-0.3, -0.25) is 9.35 Å². The van der Waals surface area contributed by atoms with Crippen LogP contribution in [0.1, 0.15) is 51.4 Å². The topological polar surface area (TPSA) is 119 Å². The molecule has 0 aliphatic heterocycles. The quantitative estimate of drug-likeness (QED) is 0.0984. The van der Waals surface area contributed by atoms with E-state index in [4.69, 9.17) is 4.55 Å². The summed E-state index contributed by atoms with van der Waals surface area (Å²) in [5.74, 6) is -13.0. The predicted octanol–water partition coefficient (Wildman–Crippen LogP) is 3.73. The van der Waals surface area contributed by atoms with Crippen molar-refractivity contribution in [1.29, 1.82) is 0 Å². The first-order chi connectivity index (χ1) is 15.4. The highest BCUT2D eigenvalue weighted by atomic mass is 32.2. The second kappa shape index (κ2) is 11.2. The maximum Gasteiger partial charge on any atom is 0.466 e. The Hall–Kier alpha value is -1.94. The molecule has 198 valence electrons. The smallest absolute Gasteiger partial charge is 0.412 e. The monoisotopic (exact) mass is 531 g/mol. The summed E-state index contributed by atoms with van der Waals surface area (Å²) >= 11 is 0. The molecule has 1 aliphatic carbocycles. The molecular weight excluding hydrogens is 507 g/mol. The molecule has 0 aromatic rings. The van der Waals surface area contributed by atoms with Crippen molar-refractivity contribution in [2.45, 2.75) is 80.5 Å². The van der Waals surface area contributed by atoms with Crippen LogP contribution in [-0.2, 0) is 29.2 Å². The van der Waals surface area contributed by atoms with Crippen LogP contribution >= 0.6 is 0 Å². The van der Waals surface area contributed by atoms with Crippen molar-refractivity contribution < 1.29 is 62.8 Å². The molecule has 1 saturated carbocycles. The number of unbranched alkanes of at least 4 members (excludes halogenated alkanes) is 1. The summed E-state index contributed by atoms with van der Waals surface area (Å²) in [5, 5.41) is -3.75. The Kier molecular flexibility index (Phi) is 9.91. The van der Waals surface area contributed by atoms with E-state index in [1.165, 1.54) is 0 Å². The Bertz CT molecular complexity index is 842. The Morgan fingerprint density at radius 3 is 2.06 bits per heavy atom. The fourth-order valence-corrected chi connectivity index (χ4v) is 3.60. The molecule has 0 saturated heterocycles. The van der Waals surface area contributed by atoms with Crippen LogP contribution < -0.4 is 5.32 Å². The van der Waals surface area contributed by atoms with Crippen molar-refractivity contribution >= 4 is 22.0 Å². The molecule has 1 aliphatic rings. The van der Waals surface area contributed by atoms with Crippen LogP contribution in [0, 0.1) is 0 Å². The van der Waals surface area contributed by atoms with E-state index >= 15 is 0 Å². The summed E-state index contributed by atoms with van der Waals surface area (Å²) in [6, 6.07) is -0.671. The molecular formula is C18H24F7NO7S. The second-order valence-electron chi connectivity index (χ2n) is 7.55. The van der Waals surface area contributed by atoms with Crippen LogP contribution in [0.4, 0.5) is 30.7 Å². The minimum Gasteiger partial charge on any atom is -0.412 e. The van der Waals surface area contributed by atoms with Gasteiger partial charge in [-0.15, -0.1) is 0 Å². The average Bonchev–Trinajstić information content (AvgIpc) is 2.71. The van der Waals surface area contributed by atoms with Crippen LogP contribution in [0.5, 0.6) is 0 Å². The molecule has 0 heterocycles. The fourth-order valence-electron chi connectivity index (χ4n) is 3.12. The molecule has 34 heavy (non-hydrogen) atoms. The van der Waals surface area contributed by atoms with Gasteiger partial charge in [0.25, 0.3) is 0 Å². The van der Waals surface area contributed by atoms with Gasteiger partial charge < -0.3 is 14.8 Å². The molecule has 8 nitrogen and oxygen atoms in total. The van der Waals surface area contributed by atoms with Crippen molar-refractivity contribution in [1.82, 2.24) is 5.32 Å². The van der Waals surface area contributed by atoms with Crippen LogP contribution in [-0.4, -0.2) is 60.6 Å². The summed E-state index contributed by atoms with van der Waals surface area (Å²) in [6.45, 7) is 1.76. The van der Waals surface area contributed by atoms with Crippen LogP contribution in [0.25, 0.3) is 0 Å². The SMILES string of the molecule is C=CC(=O)OC(OCCCCC(F)(F)C(F)(F)S(=O)(=O)O)(C(=O)NC1CCCCC1)C(F)(F)F. The molecule has 0 spiro atoms. The fraction of sp³-hybridized carbons (Fsp3) is 0.778. The van der Waals surface area contributed by atoms with E-state index in [0.717, 1.165) is 6.42 Å². The first-order valence-corrected chi connectivity index (χ1v) is 11.4. The lowest BCUT2D eigenvalue weighted by molar-refractivity contribution is -0.347. The van der Waals surface area contributed by atoms with Crippen molar-refractivity contribution in [2.75, 3.05) is 6.61 Å². The highest BCUT2D eigenvalue weighted by molar-refractivity contribution is 7.87. The molecule has 16 heteroatoms. The average molecular weight is 531 g/mol. The summed E-state index contributed by atoms with van der Waals surface area (Å²) in [7, 11) is -6.47. The highest BCUT2D eigenvalue weighted by Crippen LogP contribution is 2.42. The predicted molar refractivity (Wildman–Crippen MR) is 101 cm³/mol. The van der Waals surface area contributed by atoms with Gasteiger partial charge in [-0.05, 0) is 25.7 Å². The normalized spacial score (nSPS) is 18.1. The van der Waals surface area contributed by atoms with Crippen molar-refractivity contribution in [3.8, 4) is 0 Å². The molecule has 0 bridgehead atoms. The second-order valence-corrected chi connectivity index (χ2v) is 9.01. The van der Waals surface area contributed by atoms with E-state index < -0.39 is 77.0 Å². The van der Waals surface area contributed by atoms with Crippen LogP contribution in [0.15, 0.2) is 12.7 Å². The lowest BCUT2D eigenvalue weighted by atomic mass is 9.95. The number of carbonyl (C=O) groups excluding carboxylic acids is 2. The van der Waals surface area contributed by atoms with Gasteiger partial charge in [0.15, 0.2) is 0 Å². The molecule has 0 aromatic heterocycles. The molecule has 1 atom stereocenters. The van der Waals surface area contributed by atoms with Crippen molar-refractivity contribution in [2.24, 2.45) is 0 Å². The van der Waals surface area contributed by atoms with Crippen molar-refractivity contribution in [3.63, 3.8) is 0 Å². The summed E-state index contributed by atoms with van der Waals surface area (Å²) in [5.41, 5.74) is 0. The standard InChI is InChI=1S/C18H24F7NO7S/c1-2-13(27)33-16(17(21,22)23,14(28)26-12-8-4-3-5-9-12)32-11-7-6-10-15(19,20)18(24,25)34(29,30)31/h2,12H,1,3-11H2,(H,26,28)(H,29,30,31). The number of rotatable bonds is 12. The van der Waals surface area contributed by atoms with Gasteiger partial charge in [0, 0.05) is 18.5 Å². The zero-order valence-corrected chi connectivity index (χ0v) is 18.5. The Morgan fingerprint density at radius 2 is 1.59 bits per heavy atom. The third-order valence-corrected chi connectivity index (χ3v) is 5.91. The van der Waals surface area contributed by atoms with Crippen LogP contribution in [0.2, 0.25) is 0 Å². The number of ether oxygens (including phenoxy) is 2. The van der Waals surface area contributed by atoms with Gasteiger partial charge in [0.05, 0.1) is 6.61 Å². The van der Waals surface area contributed by atoms with Crippen molar-refractivity contribution in [3.05, 3.63) is 12.7 Å². The van der Waals surface area contributed by atoms with E-state index in [-0.39, 0.29) is 0 Å². The van der Waals surface area contributed by atoms with Gasteiger partial charge in [0.1, 0.15) is 0 Å². The summed E-state index contributed by atoms with van der Waals surface area (Å²) < 4.78 is 133. The van der Waals surface area contributed by atoms with Gasteiger partial charge in [-0.2, -0.15) is 39.2 Å². The number of amides is 1. The zero-order valence-electron chi connectivity index (χ0n) is 17.7. The minimum absolute atomic E-state index is 0.329. The lowest BCUT2D eigenvalue weighted by Crippen LogP contribution is -2.62. The molecule has 2 N–H and O–H groups in total. The number of nitrogens with one attached hydrogen (secondary N) is 1. The minimum atomic E-state index is -6.47. The third-order valence-electron chi connectivity index (χ3n) is 4.96. The number of hydrogen-bond acceptors (Lipinski definition) is 6. The van der Waals surface area contributed by atoms with Gasteiger partial charge in [-0.25, -0.2) is 4.79 Å². The van der Waals surface area contributed by atoms with E-state index in [9.17, 15) is 48.7 Å². The number of alkyl halides is 7. The Labute approximate surface area is 190 Å². The van der Waals surface area contributed by atoms with E-state index in [2.05, 4.69) is 21.4 Å². The Balaban J connectivity index is 2.96. The zero-order chi connectivity index (χ0) is 26.4. The molecule has 1 rings (SSSR count). The maximum atomic E-state index is 13.9. The summed E-state index contributed by atoms with van der Waals surface area (Å²) in [6.07, 6.45) is -6.22. The third kappa shape index (κ3) is 7.04. The first-order valence-electron chi connectivity index (χ1n) is 10.0. The van der Waals surface area contributed by atoms with E-state index in [1.54, 1.807) is 0 Å². The number of carbonyl (C=O) groups is 2. The number of halogens is 7. The number of hydrogen-bond donors (Lipinski definition) is 2. The highest BCUT2D eigenvalue weighted by Gasteiger charge is 2.67. The largest absolute Gasteiger partial charge is 0.466 e. The van der Waals surface area contributed by atoms with Gasteiger partial charge in [0.2, 0.25) is 0 Å². The van der Waals surface area contributed by atoms with Gasteiger partial charge in [-0.1, -0.05) is 25.8 Å². The Morgan fingerprint density at radius 1 is 1.03 bits per heavy atom. The molecule has 1 fully saturated rings. The lowest BCUT2D eigenvalue weighted by Gasteiger charge is -2.35. The first kappa shape index (κ1) is 30.1. The number of esters is 1. The maximum absolute atomic E-state index is 13.9. The molecule has 0 aromatic carbocycles. The molecule has 1 amide bonds.